The van der Waals surface area contributed by atoms with Gasteiger partial charge in [0.15, 0.2) is 11.5 Å². The van der Waals surface area contributed by atoms with E-state index in [4.69, 9.17) is 18.9 Å². The molecule has 2 aromatic rings. The summed E-state index contributed by atoms with van der Waals surface area (Å²) in [5.41, 5.74) is 1.03. The minimum Gasteiger partial charge on any atom is -0.493 e. The highest BCUT2D eigenvalue weighted by atomic mass is 19.1. The van der Waals surface area contributed by atoms with Crippen molar-refractivity contribution in [1.29, 1.82) is 0 Å². The molecule has 0 saturated heterocycles. The van der Waals surface area contributed by atoms with Crippen molar-refractivity contribution in [3.8, 4) is 17.2 Å². The maximum atomic E-state index is 13.2. The molecule has 8 nitrogen and oxygen atoms in total. The number of urea groups is 1. The molecule has 0 aromatic heterocycles. The molecule has 0 fully saturated rings. The van der Waals surface area contributed by atoms with E-state index in [1.165, 1.54) is 50.4 Å². The second kappa shape index (κ2) is 10.0. The van der Waals surface area contributed by atoms with E-state index < -0.39 is 23.9 Å². The van der Waals surface area contributed by atoms with E-state index in [0.717, 1.165) is 0 Å². The second-order valence-corrected chi connectivity index (χ2v) is 6.85. The first-order valence-corrected chi connectivity index (χ1v) is 9.94. The second-order valence-electron chi connectivity index (χ2n) is 6.85. The van der Waals surface area contributed by atoms with Gasteiger partial charge in [0.25, 0.3) is 0 Å². The fourth-order valence-corrected chi connectivity index (χ4v) is 3.44. The number of ether oxygens (including phenoxy) is 4. The topological polar surface area (TPSA) is 86.3 Å². The number of halogens is 1. The predicted octanol–water partition coefficient (Wildman–Crippen LogP) is 3.44. The van der Waals surface area contributed by atoms with Gasteiger partial charge in [-0.05, 0) is 37.3 Å². The highest BCUT2D eigenvalue weighted by molar-refractivity contribution is 5.95. The molecule has 3 rings (SSSR count). The van der Waals surface area contributed by atoms with Gasteiger partial charge in [-0.15, -0.1) is 0 Å². The normalized spacial score (nSPS) is 15.8. The zero-order chi connectivity index (χ0) is 23.3. The van der Waals surface area contributed by atoms with Crippen LogP contribution in [0.1, 0.15) is 18.5 Å². The lowest BCUT2D eigenvalue weighted by molar-refractivity contribution is -0.139. The Morgan fingerprint density at radius 1 is 1.12 bits per heavy atom. The van der Waals surface area contributed by atoms with Crippen molar-refractivity contribution in [3.05, 3.63) is 65.1 Å². The van der Waals surface area contributed by atoms with Crippen LogP contribution in [-0.4, -0.2) is 51.4 Å². The SMILES string of the molecule is CCOC(=O)C1=C(COc2ccc(F)cc2)N(C)C(=O)N[C@H]1c1cccc(OC)c1OC. The van der Waals surface area contributed by atoms with Crippen LogP contribution in [0.4, 0.5) is 9.18 Å². The first kappa shape index (κ1) is 22.9. The molecule has 32 heavy (non-hydrogen) atoms. The summed E-state index contributed by atoms with van der Waals surface area (Å²) in [5.74, 6) is 0.211. The van der Waals surface area contributed by atoms with Crippen LogP contribution in [0, 0.1) is 5.82 Å². The average Bonchev–Trinajstić information content (AvgIpc) is 2.80. The molecular formula is C23H25FN2O6. The zero-order valence-corrected chi connectivity index (χ0v) is 18.3. The fraction of sp³-hybridized carbons (Fsp3) is 0.304. The fourth-order valence-electron chi connectivity index (χ4n) is 3.44. The molecule has 170 valence electrons. The van der Waals surface area contributed by atoms with E-state index in [9.17, 15) is 14.0 Å². The standard InChI is InChI=1S/C23H25FN2O6/c1-5-31-22(27)19-17(13-32-15-11-9-14(24)10-12-15)26(2)23(28)25-20(19)16-7-6-8-18(29-3)21(16)30-4/h6-12,20H,5,13H2,1-4H3,(H,25,28)/t20-/m0/s1. The Kier molecular flexibility index (Phi) is 7.19. The number of amides is 2. The van der Waals surface area contributed by atoms with E-state index in [2.05, 4.69) is 5.32 Å². The van der Waals surface area contributed by atoms with Gasteiger partial charge in [0.1, 0.15) is 18.2 Å². The summed E-state index contributed by atoms with van der Waals surface area (Å²) >= 11 is 0. The third-order valence-electron chi connectivity index (χ3n) is 5.01. The van der Waals surface area contributed by atoms with Gasteiger partial charge in [0.2, 0.25) is 0 Å². The molecular weight excluding hydrogens is 419 g/mol. The summed E-state index contributed by atoms with van der Waals surface area (Å²) < 4.78 is 35.1. The molecule has 0 bridgehead atoms. The Morgan fingerprint density at radius 2 is 1.84 bits per heavy atom. The molecule has 1 atom stereocenters. The summed E-state index contributed by atoms with van der Waals surface area (Å²) in [7, 11) is 4.50. The van der Waals surface area contributed by atoms with E-state index in [0.29, 0.717) is 28.5 Å². The minimum absolute atomic E-state index is 0.119. The number of esters is 1. The van der Waals surface area contributed by atoms with Crippen LogP contribution in [0.25, 0.3) is 0 Å². The van der Waals surface area contributed by atoms with Gasteiger partial charge in [-0.1, -0.05) is 12.1 Å². The predicted molar refractivity (Wildman–Crippen MR) is 114 cm³/mol. The van der Waals surface area contributed by atoms with Crippen LogP contribution in [-0.2, 0) is 9.53 Å². The van der Waals surface area contributed by atoms with Crippen LogP contribution >= 0.6 is 0 Å². The van der Waals surface area contributed by atoms with Crippen molar-refractivity contribution in [1.82, 2.24) is 10.2 Å². The van der Waals surface area contributed by atoms with Crippen molar-refractivity contribution in [3.63, 3.8) is 0 Å². The molecule has 0 unspecified atom stereocenters. The molecule has 2 aromatic carbocycles. The van der Waals surface area contributed by atoms with Gasteiger partial charge in [-0.2, -0.15) is 0 Å². The number of carbonyl (C=O) groups is 2. The van der Waals surface area contributed by atoms with Gasteiger partial charge >= 0.3 is 12.0 Å². The van der Waals surface area contributed by atoms with Crippen LogP contribution in [0.3, 0.4) is 0 Å². The Bertz CT molecular complexity index is 1020. The maximum Gasteiger partial charge on any atom is 0.338 e. The molecule has 1 heterocycles. The van der Waals surface area contributed by atoms with Gasteiger partial charge in [0.05, 0.1) is 38.1 Å². The third kappa shape index (κ3) is 4.61. The first-order valence-electron chi connectivity index (χ1n) is 9.94. The quantitative estimate of drug-likeness (QED) is 0.628. The number of carbonyl (C=O) groups excluding carboxylic acids is 2. The highest BCUT2D eigenvalue weighted by Crippen LogP contribution is 2.40. The average molecular weight is 444 g/mol. The number of nitrogens with zero attached hydrogens (tertiary/aromatic N) is 1. The zero-order valence-electron chi connectivity index (χ0n) is 18.3. The molecule has 1 aliphatic rings. The van der Waals surface area contributed by atoms with Crippen LogP contribution in [0.15, 0.2) is 53.7 Å². The highest BCUT2D eigenvalue weighted by Gasteiger charge is 2.38. The number of hydrogen-bond donors (Lipinski definition) is 1. The smallest absolute Gasteiger partial charge is 0.338 e. The van der Waals surface area contributed by atoms with E-state index in [1.54, 1.807) is 25.1 Å². The first-order chi connectivity index (χ1) is 15.4. The number of para-hydroxylation sites is 1. The van der Waals surface area contributed by atoms with Gasteiger partial charge in [-0.3, -0.25) is 4.90 Å². The molecule has 0 spiro atoms. The summed E-state index contributed by atoms with van der Waals surface area (Å²) in [6.07, 6.45) is 0. The molecule has 0 aliphatic carbocycles. The number of methoxy groups -OCH3 is 2. The van der Waals surface area contributed by atoms with Gasteiger partial charge in [0, 0.05) is 12.6 Å². The van der Waals surface area contributed by atoms with Crippen LogP contribution in [0.2, 0.25) is 0 Å². The van der Waals surface area contributed by atoms with E-state index >= 15 is 0 Å². The van der Waals surface area contributed by atoms with Crippen molar-refractivity contribution >= 4 is 12.0 Å². The summed E-state index contributed by atoms with van der Waals surface area (Å²) in [6, 6.07) is 9.32. The van der Waals surface area contributed by atoms with Crippen molar-refractivity contribution in [2.45, 2.75) is 13.0 Å². The van der Waals surface area contributed by atoms with Crippen molar-refractivity contribution in [2.24, 2.45) is 0 Å². The lowest BCUT2D eigenvalue weighted by Crippen LogP contribution is -2.48. The van der Waals surface area contributed by atoms with E-state index in [1.807, 2.05) is 0 Å². The van der Waals surface area contributed by atoms with Gasteiger partial charge in [-0.25, -0.2) is 14.0 Å². The maximum absolute atomic E-state index is 13.2. The van der Waals surface area contributed by atoms with Crippen molar-refractivity contribution < 1.29 is 32.9 Å². The molecule has 0 saturated carbocycles. The molecule has 0 radical (unpaired) electrons. The summed E-state index contributed by atoms with van der Waals surface area (Å²) in [6.45, 7) is 1.72. The van der Waals surface area contributed by atoms with E-state index in [-0.39, 0.29) is 18.8 Å². The summed E-state index contributed by atoms with van der Waals surface area (Å²) in [4.78, 5) is 27.1. The molecule has 1 aliphatic heterocycles. The Labute approximate surface area is 185 Å². The van der Waals surface area contributed by atoms with Crippen LogP contribution < -0.4 is 19.5 Å². The summed E-state index contributed by atoms with van der Waals surface area (Å²) in [5, 5.41) is 2.82. The van der Waals surface area contributed by atoms with Crippen LogP contribution in [0.5, 0.6) is 17.2 Å². The molecule has 1 N–H and O–H groups in total. The lowest BCUT2D eigenvalue weighted by Gasteiger charge is -2.35. The minimum atomic E-state index is -0.866. The number of rotatable bonds is 8. The Hall–Kier alpha value is -3.75. The molecule has 9 heteroatoms. The monoisotopic (exact) mass is 444 g/mol. The number of nitrogens with one attached hydrogen (secondary N) is 1. The largest absolute Gasteiger partial charge is 0.493 e. The lowest BCUT2D eigenvalue weighted by atomic mass is 9.93. The van der Waals surface area contributed by atoms with Gasteiger partial charge < -0.3 is 24.3 Å². The van der Waals surface area contributed by atoms with Crippen molar-refractivity contribution in [2.75, 3.05) is 34.5 Å². The molecule has 2 amide bonds. The third-order valence-corrected chi connectivity index (χ3v) is 5.01. The number of benzene rings is 2. The Morgan fingerprint density at radius 3 is 2.47 bits per heavy atom. The number of hydrogen-bond acceptors (Lipinski definition) is 6. The number of likely N-dealkylation sites (N-methyl/N-ethyl adjacent to an activating group) is 1. The Balaban J connectivity index is 2.10.